The molecule has 4 heteroatoms. The van der Waals surface area contributed by atoms with Gasteiger partial charge >= 0.3 is 5.97 Å². The van der Waals surface area contributed by atoms with Crippen molar-refractivity contribution in [1.82, 2.24) is 5.32 Å². The fourth-order valence-electron chi connectivity index (χ4n) is 4.22. The van der Waals surface area contributed by atoms with E-state index in [0.29, 0.717) is 0 Å². The normalized spacial score (nSPS) is 29.6. The van der Waals surface area contributed by atoms with Crippen LogP contribution in [0.25, 0.3) is 0 Å². The first-order chi connectivity index (χ1) is 11.1. The van der Waals surface area contributed by atoms with E-state index in [9.17, 15) is 4.79 Å². The first-order valence-electron chi connectivity index (χ1n) is 8.54. The molecule has 2 heterocycles. The zero-order valence-electron chi connectivity index (χ0n) is 13.7. The van der Waals surface area contributed by atoms with Crippen molar-refractivity contribution >= 4 is 5.97 Å². The van der Waals surface area contributed by atoms with Gasteiger partial charge in [-0.2, -0.15) is 0 Å². The molecular weight excluding hydrogens is 290 g/mol. The van der Waals surface area contributed by atoms with Gasteiger partial charge in [-0.05, 0) is 45.6 Å². The van der Waals surface area contributed by atoms with E-state index < -0.39 is 5.72 Å². The number of para-hydroxylation sites is 1. The number of hydrogen-bond acceptors (Lipinski definition) is 4. The van der Waals surface area contributed by atoms with Crippen LogP contribution in [0, 0.1) is 0 Å². The standard InChI is InChI=1S/C19H23NO3/c1-12-17(18(21)22-13-7-3-4-8-13)15-11-19(2,20-12)23-16-10-6-5-9-14(15)16/h5-6,9-10,13,15,20H,3-4,7-8,11H2,1-2H3. The van der Waals surface area contributed by atoms with Gasteiger partial charge < -0.3 is 14.8 Å². The number of rotatable bonds is 2. The van der Waals surface area contributed by atoms with Gasteiger partial charge in [0.15, 0.2) is 5.72 Å². The fourth-order valence-corrected chi connectivity index (χ4v) is 4.22. The summed E-state index contributed by atoms with van der Waals surface area (Å²) in [6.45, 7) is 3.99. The van der Waals surface area contributed by atoms with Crippen LogP contribution < -0.4 is 10.1 Å². The fraction of sp³-hybridized carbons (Fsp3) is 0.526. The molecule has 0 saturated heterocycles. The summed E-state index contributed by atoms with van der Waals surface area (Å²) in [7, 11) is 0. The van der Waals surface area contributed by atoms with Crippen molar-refractivity contribution in [2.24, 2.45) is 0 Å². The molecule has 1 saturated carbocycles. The van der Waals surface area contributed by atoms with Gasteiger partial charge in [0.25, 0.3) is 0 Å². The largest absolute Gasteiger partial charge is 0.468 e. The lowest BCUT2D eigenvalue weighted by Crippen LogP contribution is -2.54. The predicted molar refractivity (Wildman–Crippen MR) is 87.0 cm³/mol. The zero-order chi connectivity index (χ0) is 16.0. The summed E-state index contributed by atoms with van der Waals surface area (Å²) in [4.78, 5) is 12.8. The van der Waals surface area contributed by atoms with E-state index in [1.54, 1.807) is 0 Å². The van der Waals surface area contributed by atoms with Gasteiger partial charge in [0.1, 0.15) is 11.9 Å². The van der Waals surface area contributed by atoms with E-state index in [1.807, 2.05) is 32.0 Å². The van der Waals surface area contributed by atoms with Crippen LogP contribution in [-0.4, -0.2) is 17.8 Å². The molecule has 0 amide bonds. The minimum absolute atomic E-state index is 0.0418. The van der Waals surface area contributed by atoms with Crippen molar-refractivity contribution in [2.45, 2.75) is 63.7 Å². The van der Waals surface area contributed by atoms with Gasteiger partial charge in [0, 0.05) is 23.6 Å². The van der Waals surface area contributed by atoms with Crippen LogP contribution in [0.1, 0.15) is 57.4 Å². The van der Waals surface area contributed by atoms with E-state index in [0.717, 1.165) is 54.7 Å². The molecule has 1 N–H and O–H groups in total. The van der Waals surface area contributed by atoms with E-state index >= 15 is 0 Å². The third-order valence-corrected chi connectivity index (χ3v) is 5.22. The van der Waals surface area contributed by atoms with Gasteiger partial charge in [-0.1, -0.05) is 18.2 Å². The van der Waals surface area contributed by atoms with E-state index in [4.69, 9.17) is 9.47 Å². The van der Waals surface area contributed by atoms with E-state index in [1.165, 1.54) is 0 Å². The molecule has 1 aromatic rings. The maximum absolute atomic E-state index is 12.8. The van der Waals surface area contributed by atoms with Crippen molar-refractivity contribution in [2.75, 3.05) is 0 Å². The average molecular weight is 313 g/mol. The number of ether oxygens (including phenoxy) is 2. The maximum Gasteiger partial charge on any atom is 0.336 e. The predicted octanol–water partition coefficient (Wildman–Crippen LogP) is 3.63. The Balaban J connectivity index is 1.69. The lowest BCUT2D eigenvalue weighted by Gasteiger charge is -2.45. The van der Waals surface area contributed by atoms with Gasteiger partial charge in [-0.25, -0.2) is 4.79 Å². The second-order valence-electron chi connectivity index (χ2n) is 7.10. The molecule has 2 unspecified atom stereocenters. The summed E-state index contributed by atoms with van der Waals surface area (Å²) in [5, 5.41) is 3.38. The Morgan fingerprint density at radius 1 is 1.30 bits per heavy atom. The molecule has 23 heavy (non-hydrogen) atoms. The molecule has 2 bridgehead atoms. The summed E-state index contributed by atoms with van der Waals surface area (Å²) in [6, 6.07) is 8.00. The number of hydrogen-bond donors (Lipinski definition) is 1. The van der Waals surface area contributed by atoms with Crippen LogP contribution in [0.3, 0.4) is 0 Å². The first-order valence-corrected chi connectivity index (χ1v) is 8.54. The molecule has 4 nitrogen and oxygen atoms in total. The summed E-state index contributed by atoms with van der Waals surface area (Å²) in [5.74, 6) is 0.739. The molecule has 3 aliphatic rings. The number of carbonyl (C=O) groups is 1. The van der Waals surface area contributed by atoms with Crippen LogP contribution in [0.5, 0.6) is 5.75 Å². The van der Waals surface area contributed by atoms with Crippen molar-refractivity contribution in [3.8, 4) is 5.75 Å². The molecule has 0 radical (unpaired) electrons. The third-order valence-electron chi connectivity index (χ3n) is 5.22. The Morgan fingerprint density at radius 3 is 2.83 bits per heavy atom. The number of esters is 1. The Bertz CT molecular complexity index is 675. The molecule has 1 fully saturated rings. The minimum Gasteiger partial charge on any atom is -0.468 e. The van der Waals surface area contributed by atoms with Crippen molar-refractivity contribution in [3.05, 3.63) is 41.1 Å². The molecule has 4 rings (SSSR count). The highest BCUT2D eigenvalue weighted by Gasteiger charge is 2.45. The number of fused-ring (bicyclic) bond motifs is 4. The smallest absolute Gasteiger partial charge is 0.336 e. The Kier molecular flexibility index (Phi) is 3.36. The highest BCUT2D eigenvalue weighted by atomic mass is 16.5. The molecule has 1 aromatic carbocycles. The van der Waals surface area contributed by atoms with E-state index in [-0.39, 0.29) is 18.0 Å². The minimum atomic E-state index is -0.458. The second kappa shape index (κ2) is 5.29. The SMILES string of the molecule is CC1=C(C(=O)OC2CCCC2)C2CC(C)(N1)Oc1ccccc12. The maximum atomic E-state index is 12.8. The third kappa shape index (κ3) is 2.50. The van der Waals surface area contributed by atoms with Crippen LogP contribution in [0.2, 0.25) is 0 Å². The number of carbonyl (C=O) groups excluding carboxylic acids is 1. The molecule has 2 aliphatic heterocycles. The second-order valence-corrected chi connectivity index (χ2v) is 7.10. The topological polar surface area (TPSA) is 47.6 Å². The molecule has 0 aromatic heterocycles. The average Bonchev–Trinajstić information content (AvgIpc) is 2.99. The number of nitrogens with one attached hydrogen (secondary N) is 1. The quantitative estimate of drug-likeness (QED) is 0.847. The van der Waals surface area contributed by atoms with Crippen LogP contribution in [0.15, 0.2) is 35.5 Å². The Hall–Kier alpha value is -1.97. The zero-order valence-corrected chi connectivity index (χ0v) is 13.7. The molecule has 2 atom stereocenters. The monoisotopic (exact) mass is 313 g/mol. The molecular formula is C19H23NO3. The van der Waals surface area contributed by atoms with Crippen LogP contribution >= 0.6 is 0 Å². The summed E-state index contributed by atoms with van der Waals surface area (Å²) >= 11 is 0. The van der Waals surface area contributed by atoms with Crippen molar-refractivity contribution in [1.29, 1.82) is 0 Å². The van der Waals surface area contributed by atoms with Crippen LogP contribution in [-0.2, 0) is 9.53 Å². The van der Waals surface area contributed by atoms with Crippen molar-refractivity contribution in [3.63, 3.8) is 0 Å². The Labute approximate surface area is 136 Å². The summed E-state index contributed by atoms with van der Waals surface area (Å²) < 4.78 is 11.9. The van der Waals surface area contributed by atoms with Crippen LogP contribution in [0.4, 0.5) is 0 Å². The highest BCUT2D eigenvalue weighted by Crippen LogP contribution is 2.47. The number of benzene rings is 1. The van der Waals surface area contributed by atoms with E-state index in [2.05, 4.69) is 11.4 Å². The van der Waals surface area contributed by atoms with Gasteiger partial charge in [0.05, 0.1) is 5.57 Å². The molecule has 122 valence electrons. The highest BCUT2D eigenvalue weighted by molar-refractivity contribution is 5.92. The lowest BCUT2D eigenvalue weighted by atomic mass is 9.78. The van der Waals surface area contributed by atoms with Crippen molar-refractivity contribution < 1.29 is 14.3 Å². The van der Waals surface area contributed by atoms with Gasteiger partial charge in [0.2, 0.25) is 0 Å². The summed E-state index contributed by atoms with van der Waals surface area (Å²) in [5.41, 5.74) is 2.27. The first kappa shape index (κ1) is 14.6. The molecule has 1 aliphatic carbocycles. The molecule has 0 spiro atoms. The Morgan fingerprint density at radius 2 is 2.04 bits per heavy atom. The van der Waals surface area contributed by atoms with Gasteiger partial charge in [-0.3, -0.25) is 0 Å². The number of allylic oxidation sites excluding steroid dienone is 1. The lowest BCUT2D eigenvalue weighted by molar-refractivity contribution is -0.145. The van der Waals surface area contributed by atoms with Gasteiger partial charge in [-0.15, -0.1) is 0 Å². The summed E-state index contributed by atoms with van der Waals surface area (Å²) in [6.07, 6.45) is 5.14.